The summed E-state index contributed by atoms with van der Waals surface area (Å²) < 4.78 is 11.8. The number of rotatable bonds is 5. The molecule has 0 spiro atoms. The van der Waals surface area contributed by atoms with E-state index in [1.165, 1.54) is 0 Å². The van der Waals surface area contributed by atoms with Crippen molar-refractivity contribution in [1.29, 1.82) is 0 Å². The van der Waals surface area contributed by atoms with E-state index in [0.717, 1.165) is 24.8 Å². The minimum absolute atomic E-state index is 0.0571. The van der Waals surface area contributed by atoms with Crippen LogP contribution in [0.2, 0.25) is 0 Å². The summed E-state index contributed by atoms with van der Waals surface area (Å²) in [6.07, 6.45) is 5.87. The molecule has 3 heterocycles. The number of carbonyl (C=O) groups is 2. The van der Waals surface area contributed by atoms with Crippen molar-refractivity contribution < 1.29 is 24.2 Å². The zero-order valence-electron chi connectivity index (χ0n) is 16.5. The second kappa shape index (κ2) is 9.19. The lowest BCUT2D eigenvalue weighted by Gasteiger charge is -2.44. The summed E-state index contributed by atoms with van der Waals surface area (Å²) in [5.74, 6) is 0.163. The number of amides is 2. The lowest BCUT2D eigenvalue weighted by molar-refractivity contribution is -0.170. The number of aliphatic hydroxyl groups excluding tert-OH is 1. The molecule has 0 bridgehead atoms. The number of hydrogen-bond donors (Lipinski definition) is 2. The van der Waals surface area contributed by atoms with Gasteiger partial charge in [0, 0.05) is 31.4 Å². The van der Waals surface area contributed by atoms with Crippen LogP contribution in [0.15, 0.2) is 24.5 Å². The van der Waals surface area contributed by atoms with Gasteiger partial charge in [-0.1, -0.05) is 0 Å². The highest BCUT2D eigenvalue weighted by atomic mass is 16.5. The Hall–Kier alpha value is -2.03. The van der Waals surface area contributed by atoms with Crippen LogP contribution in [0.1, 0.15) is 37.7 Å². The van der Waals surface area contributed by atoms with Gasteiger partial charge in [-0.15, -0.1) is 0 Å². The van der Waals surface area contributed by atoms with Gasteiger partial charge in [-0.25, -0.2) is 0 Å². The first-order valence-corrected chi connectivity index (χ1v) is 10.5. The van der Waals surface area contributed by atoms with Gasteiger partial charge in [0.15, 0.2) is 0 Å². The van der Waals surface area contributed by atoms with Crippen LogP contribution in [0.25, 0.3) is 0 Å². The minimum Gasteiger partial charge on any atom is -0.389 e. The first kappa shape index (κ1) is 20.3. The van der Waals surface area contributed by atoms with Crippen molar-refractivity contribution in [3.8, 4) is 0 Å². The molecule has 3 aliphatic rings. The van der Waals surface area contributed by atoms with E-state index in [4.69, 9.17) is 9.47 Å². The number of nitrogens with zero attached hydrogens (tertiary/aromatic N) is 2. The van der Waals surface area contributed by atoms with Crippen LogP contribution in [-0.4, -0.2) is 70.9 Å². The standard InChI is InChI=1S/C21H29N3O5/c25-16-11-24(21(27)15-1-2-15)18-4-3-17(29-19(18)13-28-12-16)9-20(26)23-10-14-5-7-22-8-6-14/h5-8,15-19,25H,1-4,9-13H2,(H,23,26)/t16-,17+,18+,19-/m0/s1. The molecule has 2 amide bonds. The number of β-amino-alcohol motifs (C(OH)–C–C–N with tert-alkyl or cyclic N) is 1. The zero-order chi connectivity index (χ0) is 20.2. The van der Waals surface area contributed by atoms with E-state index in [0.29, 0.717) is 19.6 Å². The van der Waals surface area contributed by atoms with E-state index in [1.54, 1.807) is 12.4 Å². The van der Waals surface area contributed by atoms with Gasteiger partial charge >= 0.3 is 0 Å². The SMILES string of the molecule is O=C(C[C@H]1CC[C@@H]2[C@H](COC[C@@H](O)CN2C(=O)C2CC2)O1)NCc1ccncc1. The highest BCUT2D eigenvalue weighted by molar-refractivity contribution is 5.81. The van der Waals surface area contributed by atoms with Crippen molar-refractivity contribution >= 4 is 11.8 Å². The van der Waals surface area contributed by atoms with Crippen molar-refractivity contribution in [2.24, 2.45) is 5.92 Å². The van der Waals surface area contributed by atoms with Crippen LogP contribution in [0, 0.1) is 5.92 Å². The smallest absolute Gasteiger partial charge is 0.226 e. The Bertz CT molecular complexity index is 712. The summed E-state index contributed by atoms with van der Waals surface area (Å²) in [6, 6.07) is 3.63. The molecule has 2 saturated heterocycles. The van der Waals surface area contributed by atoms with Gasteiger partial charge in [0.1, 0.15) is 6.10 Å². The third-order valence-corrected chi connectivity index (χ3v) is 5.84. The topological polar surface area (TPSA) is 101 Å². The maximum atomic E-state index is 12.8. The molecule has 3 fully saturated rings. The van der Waals surface area contributed by atoms with Gasteiger partial charge in [-0.2, -0.15) is 0 Å². The van der Waals surface area contributed by atoms with Crippen molar-refractivity contribution in [2.75, 3.05) is 19.8 Å². The Kier molecular flexibility index (Phi) is 6.42. The minimum atomic E-state index is -0.671. The fourth-order valence-corrected chi connectivity index (χ4v) is 4.14. The summed E-state index contributed by atoms with van der Waals surface area (Å²) in [7, 11) is 0. The van der Waals surface area contributed by atoms with Crippen LogP contribution in [0.5, 0.6) is 0 Å². The third kappa shape index (κ3) is 5.32. The second-order valence-electron chi connectivity index (χ2n) is 8.23. The molecular formula is C21H29N3O5. The van der Waals surface area contributed by atoms with E-state index < -0.39 is 6.10 Å². The molecule has 158 valence electrons. The van der Waals surface area contributed by atoms with E-state index in [2.05, 4.69) is 10.3 Å². The largest absolute Gasteiger partial charge is 0.389 e. The molecule has 4 atom stereocenters. The van der Waals surface area contributed by atoms with Gasteiger partial charge in [0.25, 0.3) is 0 Å². The Morgan fingerprint density at radius 3 is 2.72 bits per heavy atom. The lowest BCUT2D eigenvalue weighted by Crippen LogP contribution is -2.57. The van der Waals surface area contributed by atoms with Crippen LogP contribution in [0.4, 0.5) is 0 Å². The summed E-state index contributed by atoms with van der Waals surface area (Å²) in [5.41, 5.74) is 0.999. The summed E-state index contributed by atoms with van der Waals surface area (Å²) in [6.45, 7) is 1.27. The van der Waals surface area contributed by atoms with Crippen LogP contribution < -0.4 is 5.32 Å². The summed E-state index contributed by atoms with van der Waals surface area (Å²) >= 11 is 0. The molecule has 2 N–H and O–H groups in total. The Balaban J connectivity index is 1.32. The molecule has 8 nitrogen and oxygen atoms in total. The monoisotopic (exact) mass is 403 g/mol. The molecule has 1 aromatic heterocycles. The molecule has 4 rings (SSSR count). The van der Waals surface area contributed by atoms with Gasteiger partial charge in [0.2, 0.25) is 11.8 Å². The Labute approximate surface area is 170 Å². The van der Waals surface area contributed by atoms with Crippen molar-refractivity contribution in [2.45, 2.75) is 63.0 Å². The summed E-state index contributed by atoms with van der Waals surface area (Å²) in [4.78, 5) is 30.9. The predicted molar refractivity (Wildman–Crippen MR) is 104 cm³/mol. The third-order valence-electron chi connectivity index (χ3n) is 5.84. The normalized spacial score (nSPS) is 30.0. The van der Waals surface area contributed by atoms with Crippen LogP contribution in [0.3, 0.4) is 0 Å². The molecule has 2 aliphatic heterocycles. The molecule has 1 saturated carbocycles. The Morgan fingerprint density at radius 2 is 1.97 bits per heavy atom. The number of fused-ring (bicyclic) bond motifs is 1. The Morgan fingerprint density at radius 1 is 1.17 bits per heavy atom. The fourth-order valence-electron chi connectivity index (χ4n) is 4.14. The molecule has 1 aromatic rings. The van der Waals surface area contributed by atoms with Gasteiger partial charge in [-0.3, -0.25) is 14.6 Å². The molecular weight excluding hydrogens is 374 g/mol. The quantitative estimate of drug-likeness (QED) is 0.748. The highest BCUT2D eigenvalue weighted by Crippen LogP contribution is 2.35. The number of aliphatic hydroxyl groups is 1. The first-order valence-electron chi connectivity index (χ1n) is 10.5. The molecule has 0 radical (unpaired) electrons. The average Bonchev–Trinajstić information content (AvgIpc) is 3.55. The first-order chi connectivity index (χ1) is 14.1. The number of aromatic nitrogens is 1. The van der Waals surface area contributed by atoms with Crippen molar-refractivity contribution in [3.63, 3.8) is 0 Å². The number of ether oxygens (including phenoxy) is 2. The molecule has 29 heavy (non-hydrogen) atoms. The van der Waals surface area contributed by atoms with Crippen molar-refractivity contribution in [1.82, 2.24) is 15.2 Å². The highest BCUT2D eigenvalue weighted by Gasteiger charge is 2.43. The van der Waals surface area contributed by atoms with E-state index in [9.17, 15) is 14.7 Å². The molecule has 1 aliphatic carbocycles. The van der Waals surface area contributed by atoms with Gasteiger partial charge in [0.05, 0.1) is 37.9 Å². The number of carbonyl (C=O) groups excluding carboxylic acids is 2. The summed E-state index contributed by atoms with van der Waals surface area (Å²) in [5, 5.41) is 13.1. The number of nitrogens with one attached hydrogen (secondary N) is 1. The van der Waals surface area contributed by atoms with Gasteiger partial charge in [-0.05, 0) is 43.4 Å². The number of pyridine rings is 1. The van der Waals surface area contributed by atoms with E-state index >= 15 is 0 Å². The average molecular weight is 403 g/mol. The number of hydrogen-bond acceptors (Lipinski definition) is 6. The maximum absolute atomic E-state index is 12.8. The molecule has 0 unspecified atom stereocenters. The molecule has 0 aromatic carbocycles. The second-order valence-corrected chi connectivity index (χ2v) is 8.23. The van der Waals surface area contributed by atoms with Crippen molar-refractivity contribution in [3.05, 3.63) is 30.1 Å². The molecule has 8 heteroatoms. The zero-order valence-corrected chi connectivity index (χ0v) is 16.5. The maximum Gasteiger partial charge on any atom is 0.226 e. The van der Waals surface area contributed by atoms with Crippen LogP contribution in [-0.2, 0) is 25.6 Å². The fraction of sp³-hybridized carbons (Fsp3) is 0.667. The van der Waals surface area contributed by atoms with E-state index in [1.807, 2.05) is 17.0 Å². The van der Waals surface area contributed by atoms with Crippen LogP contribution >= 0.6 is 0 Å². The predicted octanol–water partition coefficient (Wildman–Crippen LogP) is 0.634. The van der Waals surface area contributed by atoms with Gasteiger partial charge < -0.3 is 24.8 Å². The van der Waals surface area contributed by atoms with E-state index in [-0.39, 0.29) is 55.6 Å². The lowest BCUT2D eigenvalue weighted by atomic mass is 9.94.